The van der Waals surface area contributed by atoms with Crippen molar-refractivity contribution in [3.8, 4) is 0 Å². The van der Waals surface area contributed by atoms with E-state index < -0.39 is 68.8 Å². The molecule has 2 atom stereocenters. The number of ether oxygens (including phenoxy) is 1. The fraction of sp³-hybridized carbons (Fsp3) is 0.654. The highest BCUT2D eigenvalue weighted by atomic mass is 35.5. The van der Waals surface area contributed by atoms with Gasteiger partial charge in [0.1, 0.15) is 17.7 Å². The first-order valence-corrected chi connectivity index (χ1v) is 18.4. The van der Waals surface area contributed by atoms with Gasteiger partial charge in [-0.1, -0.05) is 12.1 Å². The van der Waals surface area contributed by atoms with E-state index in [9.17, 15) is 48.2 Å². The van der Waals surface area contributed by atoms with Gasteiger partial charge in [-0.2, -0.15) is 0 Å². The maximum absolute atomic E-state index is 13.8. The van der Waals surface area contributed by atoms with Crippen molar-refractivity contribution in [2.45, 2.75) is 69.2 Å². The summed E-state index contributed by atoms with van der Waals surface area (Å²) < 4.78 is 28.6. The molecular weight excluding hydrogens is 677 g/mol. The smallest absolute Gasteiger partial charge is 0.408 e. The van der Waals surface area contributed by atoms with Gasteiger partial charge in [-0.05, 0) is 51.3 Å². The molecule has 1 saturated heterocycles. The topological polar surface area (TPSA) is 226 Å². The number of alkyl halides is 2. The Morgan fingerprint density at radius 3 is 2.09 bits per heavy atom. The van der Waals surface area contributed by atoms with E-state index in [1.54, 1.807) is 32.9 Å². The number of alkyl carbamates (subject to hydrolysis) is 1. The van der Waals surface area contributed by atoms with E-state index in [0.717, 1.165) is 5.69 Å². The normalized spacial score (nSPS) is 16.7. The Morgan fingerprint density at radius 1 is 1.04 bits per heavy atom. The number of halogens is 2. The lowest BCUT2D eigenvalue weighted by molar-refractivity contribution is -0.140. The summed E-state index contributed by atoms with van der Waals surface area (Å²) in [6.07, 6.45) is -1.32. The molecule has 15 nitrogen and oxygen atoms in total. The number of aliphatic hydroxyl groups is 1. The van der Waals surface area contributed by atoms with Crippen molar-refractivity contribution >= 4 is 62.0 Å². The Bertz CT molecular complexity index is 1240. The highest BCUT2D eigenvalue weighted by molar-refractivity contribution is 7.72. The van der Waals surface area contributed by atoms with Crippen molar-refractivity contribution in [3.63, 3.8) is 0 Å². The summed E-state index contributed by atoms with van der Waals surface area (Å²) in [5.74, 6) is -0.559. The molecule has 0 aliphatic carbocycles. The first-order chi connectivity index (χ1) is 20.7. The molecule has 19 heteroatoms. The molecule has 0 radical (unpaired) electrons. The second-order valence-electron chi connectivity index (χ2n) is 11.5. The molecular formula is C26H42Cl2N4O11P2. The third-order valence-electron chi connectivity index (χ3n) is 6.97. The number of carbonyl (C=O) groups excluding carboxylic acids is 3. The van der Waals surface area contributed by atoms with Crippen LogP contribution >= 0.6 is 38.4 Å². The van der Waals surface area contributed by atoms with Crippen LogP contribution in [0.2, 0.25) is 0 Å². The Morgan fingerprint density at radius 2 is 1.60 bits per heavy atom. The molecule has 1 aliphatic heterocycles. The van der Waals surface area contributed by atoms with E-state index >= 15 is 0 Å². The Balaban J connectivity index is 2.24. The van der Waals surface area contributed by atoms with Gasteiger partial charge in [0.15, 0.2) is 0 Å². The number of hydrogen-bond donors (Lipinski definition) is 7. The van der Waals surface area contributed by atoms with Gasteiger partial charge >= 0.3 is 21.3 Å². The molecule has 1 aliphatic rings. The highest BCUT2D eigenvalue weighted by Gasteiger charge is 2.59. The third-order valence-corrected chi connectivity index (χ3v) is 11.2. The molecule has 2 rings (SSSR count). The summed E-state index contributed by atoms with van der Waals surface area (Å²) in [7, 11) is -11.4. The summed E-state index contributed by atoms with van der Waals surface area (Å²) in [5, 5.41) is 11.3. The van der Waals surface area contributed by atoms with Crippen LogP contribution in [0.3, 0.4) is 0 Å². The predicted octanol–water partition coefficient (Wildman–Crippen LogP) is 1.91. The molecule has 0 spiro atoms. The molecule has 1 aromatic rings. The molecule has 0 bridgehead atoms. The highest BCUT2D eigenvalue weighted by Crippen LogP contribution is 2.68. The first kappa shape index (κ1) is 39.2. The largest absolute Gasteiger partial charge is 0.444 e. The van der Waals surface area contributed by atoms with E-state index in [1.165, 1.54) is 4.90 Å². The van der Waals surface area contributed by atoms with Gasteiger partial charge in [-0.15, -0.1) is 23.2 Å². The number of carbonyl (C=O) groups is 3. The number of benzene rings is 1. The van der Waals surface area contributed by atoms with Crippen LogP contribution in [0.4, 0.5) is 10.5 Å². The number of amides is 3. The number of hydrogen-bond acceptors (Lipinski definition) is 8. The zero-order chi connectivity index (χ0) is 34.2. The minimum absolute atomic E-state index is 0.0474. The van der Waals surface area contributed by atoms with Crippen LogP contribution in [0.5, 0.6) is 0 Å². The van der Waals surface area contributed by atoms with Gasteiger partial charge < -0.3 is 49.9 Å². The molecule has 0 aromatic heterocycles. The molecule has 256 valence electrons. The van der Waals surface area contributed by atoms with Crippen LogP contribution < -0.4 is 15.5 Å². The van der Waals surface area contributed by atoms with Gasteiger partial charge in [0.25, 0.3) is 5.08 Å². The first-order valence-electron chi connectivity index (χ1n) is 14.1. The summed E-state index contributed by atoms with van der Waals surface area (Å²) in [5.41, 5.74) is 0.703. The quantitative estimate of drug-likeness (QED) is 0.102. The molecule has 1 heterocycles. The molecule has 45 heavy (non-hydrogen) atoms. The summed E-state index contributed by atoms with van der Waals surface area (Å²) in [6, 6.07) is 5.06. The van der Waals surface area contributed by atoms with Crippen molar-refractivity contribution in [1.82, 2.24) is 15.5 Å². The van der Waals surface area contributed by atoms with E-state index in [2.05, 4.69) is 10.6 Å². The Hall–Kier alpha value is -1.93. The van der Waals surface area contributed by atoms with Gasteiger partial charge in [-0.25, -0.2) is 4.79 Å². The number of rotatable bonds is 15. The fourth-order valence-corrected chi connectivity index (χ4v) is 7.31. The van der Waals surface area contributed by atoms with Crippen LogP contribution in [0.25, 0.3) is 0 Å². The van der Waals surface area contributed by atoms with E-state index in [0.29, 0.717) is 36.8 Å². The van der Waals surface area contributed by atoms with Crippen molar-refractivity contribution in [3.05, 3.63) is 29.8 Å². The van der Waals surface area contributed by atoms with Gasteiger partial charge in [0.2, 0.25) is 11.8 Å². The molecule has 3 amide bonds. The second kappa shape index (κ2) is 16.3. The van der Waals surface area contributed by atoms with Gasteiger partial charge in [-0.3, -0.25) is 18.7 Å². The van der Waals surface area contributed by atoms with E-state index in [4.69, 9.17) is 27.9 Å². The third kappa shape index (κ3) is 11.1. The lowest BCUT2D eigenvalue weighted by Crippen LogP contribution is -2.55. The molecule has 1 aromatic carbocycles. The second-order valence-corrected chi connectivity index (χ2v) is 16.3. The average Bonchev–Trinajstić information content (AvgIpc) is 3.40. The lowest BCUT2D eigenvalue weighted by atomic mass is 10.0. The fourth-order valence-electron chi connectivity index (χ4n) is 4.74. The van der Waals surface area contributed by atoms with Gasteiger partial charge in [0.05, 0.1) is 0 Å². The monoisotopic (exact) mass is 718 g/mol. The van der Waals surface area contributed by atoms with Crippen LogP contribution in [0.1, 0.15) is 45.6 Å². The number of likely N-dealkylation sites (tertiary alicyclic amines) is 1. The Kier molecular flexibility index (Phi) is 14.2. The van der Waals surface area contributed by atoms with E-state index in [-0.39, 0.29) is 19.4 Å². The zero-order valence-electron chi connectivity index (χ0n) is 25.3. The van der Waals surface area contributed by atoms with Crippen molar-refractivity contribution < 1.29 is 52.9 Å². The van der Waals surface area contributed by atoms with Gasteiger partial charge in [0, 0.05) is 56.5 Å². The van der Waals surface area contributed by atoms with Crippen LogP contribution in [0, 0.1) is 0 Å². The Labute approximate surface area is 271 Å². The lowest BCUT2D eigenvalue weighted by Gasteiger charge is -2.31. The average molecular weight is 719 g/mol. The maximum atomic E-state index is 13.8. The number of nitrogens with zero attached hydrogens (tertiary/aromatic N) is 2. The molecule has 7 N–H and O–H groups in total. The minimum atomic E-state index is -5.70. The summed E-state index contributed by atoms with van der Waals surface area (Å²) >= 11 is 11.8. The van der Waals surface area contributed by atoms with E-state index in [1.807, 2.05) is 17.0 Å². The molecule has 0 unspecified atom stereocenters. The number of anilines is 1. The summed E-state index contributed by atoms with van der Waals surface area (Å²) in [6.45, 7) is 5.59. The summed E-state index contributed by atoms with van der Waals surface area (Å²) in [4.78, 5) is 80.1. The minimum Gasteiger partial charge on any atom is -0.444 e. The van der Waals surface area contributed by atoms with Crippen molar-refractivity contribution in [2.75, 3.05) is 42.8 Å². The SMILES string of the molecule is CC(C)(C)OC(=O)N[C@@H](Cc1ccc(N(CCCl)CCCl)cc1)C(=O)N1CCC[C@H]1C(=O)NCCC(O)(P(=O)(O)O)P(=O)(O)O. The molecule has 1 fully saturated rings. The predicted molar refractivity (Wildman–Crippen MR) is 168 cm³/mol. The van der Waals surface area contributed by atoms with Crippen LogP contribution in [-0.4, -0.2) is 108 Å². The van der Waals surface area contributed by atoms with Crippen LogP contribution in [-0.2, 0) is 29.9 Å². The maximum Gasteiger partial charge on any atom is 0.408 e. The van der Waals surface area contributed by atoms with Crippen molar-refractivity contribution in [2.24, 2.45) is 0 Å². The van der Waals surface area contributed by atoms with Crippen LogP contribution in [0.15, 0.2) is 24.3 Å². The van der Waals surface area contributed by atoms with Crippen molar-refractivity contribution in [1.29, 1.82) is 0 Å². The molecule has 0 saturated carbocycles. The zero-order valence-corrected chi connectivity index (χ0v) is 28.6. The standard InChI is InChI=1S/C26H42Cl2N4O11P2/c1-25(2,3)43-24(35)30-20(17-18-6-8-19(9-7-18)31(15-11-27)16-12-28)23(34)32-14-4-5-21(32)22(33)29-13-10-26(36,44(37,38)39)45(40,41)42/h6-9,20-21,36H,4-5,10-17H2,1-3H3,(H,29,33)(H,30,35)(H2,37,38,39)(H2,40,41,42)/t20-,21-/m0/s1. The number of nitrogens with one attached hydrogen (secondary N) is 2.